The van der Waals surface area contributed by atoms with Gasteiger partial charge in [0.2, 0.25) is 5.91 Å². The SMILES string of the molecule is O=C(CN1CCNCC1)Nc1cccc(Cl)c1.O=C(O)C(F)(F)F. The lowest BCUT2D eigenvalue weighted by atomic mass is 10.3. The highest BCUT2D eigenvalue weighted by Crippen LogP contribution is 2.15. The number of anilines is 1. The van der Waals surface area contributed by atoms with E-state index in [1.54, 1.807) is 12.1 Å². The number of hydrogen-bond acceptors (Lipinski definition) is 4. The molecule has 1 aromatic carbocycles. The molecule has 1 aliphatic rings. The lowest BCUT2D eigenvalue weighted by Gasteiger charge is -2.26. The maximum atomic E-state index is 11.8. The fraction of sp³-hybridized carbons (Fsp3) is 0.429. The van der Waals surface area contributed by atoms with Crippen LogP contribution >= 0.6 is 11.6 Å². The first-order valence-corrected chi connectivity index (χ1v) is 7.35. The molecule has 1 aromatic rings. The molecular weight excluding hydrogens is 351 g/mol. The van der Waals surface area contributed by atoms with Gasteiger partial charge in [0.15, 0.2) is 0 Å². The van der Waals surface area contributed by atoms with E-state index in [2.05, 4.69) is 15.5 Å². The van der Waals surface area contributed by atoms with E-state index >= 15 is 0 Å². The average molecular weight is 368 g/mol. The lowest BCUT2D eigenvalue weighted by molar-refractivity contribution is -0.192. The van der Waals surface area contributed by atoms with Crippen molar-refractivity contribution < 1.29 is 27.9 Å². The summed E-state index contributed by atoms with van der Waals surface area (Å²) in [5.74, 6) is -2.75. The molecule has 0 bridgehead atoms. The van der Waals surface area contributed by atoms with Crippen LogP contribution in [0.4, 0.5) is 18.9 Å². The smallest absolute Gasteiger partial charge is 0.475 e. The Bertz CT molecular complexity index is 564. The van der Waals surface area contributed by atoms with Gasteiger partial charge < -0.3 is 15.7 Å². The van der Waals surface area contributed by atoms with Crippen molar-refractivity contribution in [1.29, 1.82) is 0 Å². The number of carboxylic acid groups (broad SMARTS) is 1. The van der Waals surface area contributed by atoms with Crippen molar-refractivity contribution in [2.45, 2.75) is 6.18 Å². The number of piperazine rings is 1. The number of amides is 1. The number of carbonyl (C=O) groups excluding carboxylic acids is 1. The molecular formula is C14H17ClF3N3O3. The molecule has 0 atom stereocenters. The van der Waals surface area contributed by atoms with Crippen LogP contribution in [0.5, 0.6) is 0 Å². The summed E-state index contributed by atoms with van der Waals surface area (Å²) in [5.41, 5.74) is 0.748. The van der Waals surface area contributed by atoms with Gasteiger partial charge >= 0.3 is 12.1 Å². The number of benzene rings is 1. The molecule has 1 aliphatic heterocycles. The Kier molecular flexibility index (Phi) is 7.96. The summed E-state index contributed by atoms with van der Waals surface area (Å²) in [6, 6.07) is 7.19. The largest absolute Gasteiger partial charge is 0.490 e. The number of hydrogen-bond donors (Lipinski definition) is 3. The number of nitrogens with one attached hydrogen (secondary N) is 2. The summed E-state index contributed by atoms with van der Waals surface area (Å²) in [4.78, 5) is 22.8. The summed E-state index contributed by atoms with van der Waals surface area (Å²) in [6.07, 6.45) is -5.08. The zero-order valence-corrected chi connectivity index (χ0v) is 13.3. The predicted octanol–water partition coefficient (Wildman–Crippen LogP) is 1.82. The highest BCUT2D eigenvalue weighted by molar-refractivity contribution is 6.30. The van der Waals surface area contributed by atoms with Crippen molar-refractivity contribution in [1.82, 2.24) is 10.2 Å². The molecule has 0 aliphatic carbocycles. The van der Waals surface area contributed by atoms with Crippen LogP contribution in [-0.2, 0) is 9.59 Å². The van der Waals surface area contributed by atoms with E-state index in [4.69, 9.17) is 21.5 Å². The van der Waals surface area contributed by atoms with Gasteiger partial charge in [0.1, 0.15) is 0 Å². The number of alkyl halides is 3. The van der Waals surface area contributed by atoms with Crippen LogP contribution in [0.15, 0.2) is 24.3 Å². The minimum absolute atomic E-state index is 0.00849. The highest BCUT2D eigenvalue weighted by atomic mass is 35.5. The van der Waals surface area contributed by atoms with Crippen LogP contribution in [0.3, 0.4) is 0 Å². The first-order valence-electron chi connectivity index (χ1n) is 6.97. The first kappa shape index (κ1) is 20.2. The Balaban J connectivity index is 0.000000351. The third kappa shape index (κ3) is 8.14. The van der Waals surface area contributed by atoms with Crippen molar-refractivity contribution in [2.24, 2.45) is 0 Å². The topological polar surface area (TPSA) is 81.7 Å². The molecule has 0 unspecified atom stereocenters. The molecule has 0 saturated carbocycles. The molecule has 0 radical (unpaired) electrons. The molecule has 0 aromatic heterocycles. The lowest BCUT2D eigenvalue weighted by Crippen LogP contribution is -2.46. The number of rotatable bonds is 3. The van der Waals surface area contributed by atoms with Crippen LogP contribution in [-0.4, -0.2) is 60.8 Å². The third-order valence-electron chi connectivity index (χ3n) is 2.93. The van der Waals surface area contributed by atoms with E-state index in [0.717, 1.165) is 31.9 Å². The molecule has 6 nitrogen and oxygen atoms in total. The summed E-state index contributed by atoms with van der Waals surface area (Å²) >= 11 is 5.85. The van der Waals surface area contributed by atoms with E-state index < -0.39 is 12.1 Å². The van der Waals surface area contributed by atoms with Crippen LogP contribution < -0.4 is 10.6 Å². The minimum atomic E-state index is -5.08. The van der Waals surface area contributed by atoms with E-state index in [1.165, 1.54) is 0 Å². The predicted molar refractivity (Wildman–Crippen MR) is 83.1 cm³/mol. The molecule has 24 heavy (non-hydrogen) atoms. The van der Waals surface area contributed by atoms with Gasteiger partial charge in [0.05, 0.1) is 6.54 Å². The average Bonchev–Trinajstić information content (AvgIpc) is 2.47. The van der Waals surface area contributed by atoms with Crippen molar-refractivity contribution in [3.63, 3.8) is 0 Å². The number of nitrogens with zero attached hydrogens (tertiary/aromatic N) is 1. The Hall–Kier alpha value is -1.84. The van der Waals surface area contributed by atoms with Crippen LogP contribution in [0.1, 0.15) is 0 Å². The molecule has 1 fully saturated rings. The van der Waals surface area contributed by atoms with E-state index in [0.29, 0.717) is 11.6 Å². The minimum Gasteiger partial charge on any atom is -0.475 e. The fourth-order valence-electron chi connectivity index (χ4n) is 1.84. The van der Waals surface area contributed by atoms with Gasteiger partial charge in [-0.25, -0.2) is 4.79 Å². The van der Waals surface area contributed by atoms with Crippen LogP contribution in [0, 0.1) is 0 Å². The number of carbonyl (C=O) groups is 2. The van der Waals surface area contributed by atoms with Gasteiger partial charge in [-0.1, -0.05) is 17.7 Å². The monoisotopic (exact) mass is 367 g/mol. The highest BCUT2D eigenvalue weighted by Gasteiger charge is 2.38. The molecule has 2 rings (SSSR count). The Morgan fingerprint density at radius 2 is 1.88 bits per heavy atom. The van der Waals surface area contributed by atoms with Crippen LogP contribution in [0.2, 0.25) is 5.02 Å². The van der Waals surface area contributed by atoms with Gasteiger partial charge in [-0.15, -0.1) is 0 Å². The summed E-state index contributed by atoms with van der Waals surface area (Å²) in [5, 5.41) is 13.9. The molecule has 0 spiro atoms. The molecule has 1 saturated heterocycles. The molecule has 1 heterocycles. The molecule has 3 N–H and O–H groups in total. The second-order valence-electron chi connectivity index (χ2n) is 4.89. The Morgan fingerprint density at radius 1 is 1.29 bits per heavy atom. The van der Waals surface area contributed by atoms with Gasteiger partial charge in [-0.3, -0.25) is 9.69 Å². The maximum absolute atomic E-state index is 11.8. The van der Waals surface area contributed by atoms with Crippen molar-refractivity contribution in [2.75, 3.05) is 38.0 Å². The standard InChI is InChI=1S/C12H16ClN3O.C2HF3O2/c13-10-2-1-3-11(8-10)15-12(17)9-16-6-4-14-5-7-16;3-2(4,5)1(6)7/h1-3,8,14H,4-7,9H2,(H,15,17);(H,6,7). The maximum Gasteiger partial charge on any atom is 0.490 e. The van der Waals surface area contributed by atoms with E-state index in [1.807, 2.05) is 12.1 Å². The number of carboxylic acids is 1. The van der Waals surface area contributed by atoms with Gasteiger partial charge in [-0.05, 0) is 18.2 Å². The zero-order chi connectivity index (χ0) is 18.2. The van der Waals surface area contributed by atoms with Crippen molar-refractivity contribution >= 4 is 29.2 Å². The summed E-state index contributed by atoms with van der Waals surface area (Å²) < 4.78 is 31.7. The molecule has 1 amide bonds. The van der Waals surface area contributed by atoms with E-state index in [9.17, 15) is 18.0 Å². The third-order valence-corrected chi connectivity index (χ3v) is 3.16. The molecule has 10 heteroatoms. The van der Waals surface area contributed by atoms with Gasteiger partial charge in [0, 0.05) is 36.9 Å². The summed E-state index contributed by atoms with van der Waals surface area (Å²) in [6.45, 7) is 4.18. The molecule has 134 valence electrons. The Morgan fingerprint density at radius 3 is 2.38 bits per heavy atom. The van der Waals surface area contributed by atoms with Crippen molar-refractivity contribution in [3.8, 4) is 0 Å². The normalized spacial score (nSPS) is 15.2. The van der Waals surface area contributed by atoms with Crippen LogP contribution in [0.25, 0.3) is 0 Å². The first-order chi connectivity index (χ1) is 11.2. The summed E-state index contributed by atoms with van der Waals surface area (Å²) in [7, 11) is 0. The number of halogens is 4. The second-order valence-corrected chi connectivity index (χ2v) is 5.32. The van der Waals surface area contributed by atoms with Gasteiger partial charge in [-0.2, -0.15) is 13.2 Å². The zero-order valence-electron chi connectivity index (χ0n) is 12.6. The van der Waals surface area contributed by atoms with Crippen molar-refractivity contribution in [3.05, 3.63) is 29.3 Å². The number of aliphatic carboxylic acids is 1. The Labute approximate surface area is 141 Å². The van der Waals surface area contributed by atoms with Gasteiger partial charge in [0.25, 0.3) is 0 Å². The fourth-order valence-corrected chi connectivity index (χ4v) is 2.03. The second kappa shape index (κ2) is 9.45. The van der Waals surface area contributed by atoms with E-state index in [-0.39, 0.29) is 5.91 Å². The quantitative estimate of drug-likeness (QED) is 0.759.